The zero-order valence-corrected chi connectivity index (χ0v) is 9.18. The van der Waals surface area contributed by atoms with Crippen LogP contribution in [0.25, 0.3) is 0 Å². The van der Waals surface area contributed by atoms with Crippen molar-refractivity contribution in [1.29, 1.82) is 0 Å². The number of alkyl halides is 3. The molecule has 19 heavy (non-hydrogen) atoms. The highest BCUT2D eigenvalue weighted by Crippen LogP contribution is 2.37. The molecule has 0 atom stereocenters. The third kappa shape index (κ3) is 2.38. The largest absolute Gasteiger partial charge is 0.432 e. The second kappa shape index (κ2) is 4.42. The van der Waals surface area contributed by atoms with Crippen LogP contribution in [0.2, 0.25) is 0 Å². The van der Waals surface area contributed by atoms with Gasteiger partial charge in [0.15, 0.2) is 11.6 Å². The van der Waals surface area contributed by atoms with Crippen molar-refractivity contribution in [2.24, 2.45) is 5.84 Å². The number of nitrogens with zero attached hydrogens (tertiary/aromatic N) is 2. The Morgan fingerprint density at radius 3 is 2.05 bits per heavy atom. The van der Waals surface area contributed by atoms with E-state index in [1.807, 2.05) is 0 Å². The molecule has 0 saturated carbocycles. The highest BCUT2D eigenvalue weighted by Gasteiger charge is 2.44. The van der Waals surface area contributed by atoms with E-state index in [-0.39, 0.29) is 23.7 Å². The van der Waals surface area contributed by atoms with E-state index >= 15 is 0 Å². The molecule has 1 aromatic rings. The Labute approximate surface area is 103 Å². The van der Waals surface area contributed by atoms with Gasteiger partial charge >= 0.3 is 6.18 Å². The van der Waals surface area contributed by atoms with Crippen LogP contribution in [0.15, 0.2) is 23.9 Å². The second-order valence-electron chi connectivity index (χ2n) is 3.74. The number of halogens is 6. The molecule has 1 heterocycles. The van der Waals surface area contributed by atoms with E-state index in [1.54, 1.807) is 0 Å². The Hall–Kier alpha value is -1.74. The number of anilines is 1. The van der Waals surface area contributed by atoms with Crippen LogP contribution < -0.4 is 10.9 Å². The predicted molar refractivity (Wildman–Crippen MR) is 53.8 cm³/mol. The van der Waals surface area contributed by atoms with Crippen molar-refractivity contribution in [3.63, 3.8) is 0 Å². The number of hydrogen-bond acceptors (Lipinski definition) is 3. The SMILES string of the molecule is NN1CC=C(C(F)(F)F)N1c1c(F)cc(F)cc1F. The van der Waals surface area contributed by atoms with Gasteiger partial charge < -0.3 is 0 Å². The topological polar surface area (TPSA) is 32.5 Å². The number of benzene rings is 1. The molecule has 0 aromatic heterocycles. The number of rotatable bonds is 1. The second-order valence-corrected chi connectivity index (χ2v) is 3.74. The molecule has 1 aromatic carbocycles. The Kier molecular flexibility index (Phi) is 3.19. The quantitative estimate of drug-likeness (QED) is 0.635. The molecule has 2 N–H and O–H groups in total. The molecule has 0 radical (unpaired) electrons. The first-order chi connectivity index (χ1) is 8.71. The summed E-state index contributed by atoms with van der Waals surface area (Å²) in [6.07, 6.45) is -4.18. The van der Waals surface area contributed by atoms with E-state index < -0.39 is 35.0 Å². The standard InChI is InChI=1S/C10H7F6N3/c11-5-3-6(12)9(7(13)4-5)19-8(10(14,15)16)1-2-18(19)17/h1,3-4H,2,17H2. The summed E-state index contributed by atoms with van der Waals surface area (Å²) in [5.74, 6) is 1.05. The van der Waals surface area contributed by atoms with Crippen LogP contribution in [-0.2, 0) is 0 Å². The lowest BCUT2D eigenvalue weighted by atomic mass is 10.2. The number of allylic oxidation sites excluding steroid dienone is 1. The third-order valence-corrected chi connectivity index (χ3v) is 2.44. The van der Waals surface area contributed by atoms with E-state index in [2.05, 4.69) is 0 Å². The van der Waals surface area contributed by atoms with Crippen LogP contribution in [-0.4, -0.2) is 17.8 Å². The van der Waals surface area contributed by atoms with Gasteiger partial charge in [-0.25, -0.2) is 24.0 Å². The van der Waals surface area contributed by atoms with Gasteiger partial charge in [0.2, 0.25) is 0 Å². The minimum absolute atomic E-state index is 0.129. The van der Waals surface area contributed by atoms with Gasteiger partial charge in [-0.05, 0) is 6.08 Å². The zero-order valence-electron chi connectivity index (χ0n) is 9.18. The molecule has 104 valence electrons. The monoisotopic (exact) mass is 283 g/mol. The Morgan fingerprint density at radius 2 is 1.58 bits per heavy atom. The van der Waals surface area contributed by atoms with Crippen LogP contribution in [0, 0.1) is 17.5 Å². The highest BCUT2D eigenvalue weighted by atomic mass is 19.4. The Balaban J connectivity index is 2.54. The average molecular weight is 283 g/mol. The molecule has 3 nitrogen and oxygen atoms in total. The minimum Gasteiger partial charge on any atom is -0.250 e. The fraction of sp³-hybridized carbons (Fsp3) is 0.200. The van der Waals surface area contributed by atoms with Crippen LogP contribution in [0.4, 0.5) is 32.0 Å². The van der Waals surface area contributed by atoms with Gasteiger partial charge in [0.1, 0.15) is 17.2 Å². The predicted octanol–water partition coefficient (Wildman–Crippen LogP) is 2.46. The smallest absolute Gasteiger partial charge is 0.250 e. The molecule has 0 fully saturated rings. The molecule has 0 saturated heterocycles. The lowest BCUT2D eigenvalue weighted by Gasteiger charge is -2.30. The first-order valence-electron chi connectivity index (χ1n) is 4.96. The molecule has 0 bridgehead atoms. The molecule has 0 unspecified atom stereocenters. The van der Waals surface area contributed by atoms with E-state index in [9.17, 15) is 26.3 Å². The molecule has 1 aliphatic rings. The molecule has 0 aliphatic carbocycles. The number of hydrazine groups is 2. The molecule has 0 amide bonds. The summed E-state index contributed by atoms with van der Waals surface area (Å²) in [5.41, 5.74) is -2.41. The van der Waals surface area contributed by atoms with Crippen molar-refractivity contribution in [1.82, 2.24) is 5.12 Å². The summed E-state index contributed by atoms with van der Waals surface area (Å²) in [5, 5.41) is 0.604. The van der Waals surface area contributed by atoms with E-state index in [4.69, 9.17) is 5.84 Å². The summed E-state index contributed by atoms with van der Waals surface area (Å²) in [6.45, 7) is -0.384. The first-order valence-corrected chi connectivity index (χ1v) is 4.96. The Morgan fingerprint density at radius 1 is 1.05 bits per heavy atom. The van der Waals surface area contributed by atoms with Crippen molar-refractivity contribution in [2.45, 2.75) is 6.18 Å². The summed E-state index contributed by atoms with van der Waals surface area (Å²) in [4.78, 5) is 0. The number of hydrogen-bond donors (Lipinski definition) is 1. The lowest BCUT2D eigenvalue weighted by Crippen LogP contribution is -2.46. The minimum atomic E-state index is -4.85. The lowest BCUT2D eigenvalue weighted by molar-refractivity contribution is -0.0953. The number of nitrogens with two attached hydrogens (primary N) is 1. The zero-order chi connectivity index (χ0) is 14.4. The molecule has 2 rings (SSSR count). The molecular formula is C10H7F6N3. The molecule has 1 aliphatic heterocycles. The fourth-order valence-corrected chi connectivity index (χ4v) is 1.71. The first kappa shape index (κ1) is 13.7. The summed E-state index contributed by atoms with van der Waals surface area (Å²) in [6, 6.07) is 0.553. The van der Waals surface area contributed by atoms with Crippen molar-refractivity contribution < 1.29 is 26.3 Å². The van der Waals surface area contributed by atoms with Gasteiger partial charge in [-0.1, -0.05) is 0 Å². The van der Waals surface area contributed by atoms with E-state index in [0.717, 1.165) is 0 Å². The van der Waals surface area contributed by atoms with Crippen molar-refractivity contribution in [2.75, 3.05) is 11.6 Å². The Bertz CT molecular complexity index is 516. The normalized spacial score (nSPS) is 17.0. The van der Waals surface area contributed by atoms with Gasteiger partial charge in [-0.15, -0.1) is 0 Å². The highest BCUT2D eigenvalue weighted by molar-refractivity contribution is 5.55. The van der Waals surface area contributed by atoms with E-state index in [1.165, 1.54) is 0 Å². The van der Waals surface area contributed by atoms with Crippen LogP contribution in [0.1, 0.15) is 0 Å². The van der Waals surface area contributed by atoms with Crippen LogP contribution in [0.5, 0.6) is 0 Å². The summed E-state index contributed by atoms with van der Waals surface area (Å²) < 4.78 is 77.8. The maximum atomic E-state index is 13.5. The van der Waals surface area contributed by atoms with Crippen molar-refractivity contribution in [3.05, 3.63) is 41.4 Å². The summed E-state index contributed by atoms with van der Waals surface area (Å²) in [7, 11) is 0. The summed E-state index contributed by atoms with van der Waals surface area (Å²) >= 11 is 0. The van der Waals surface area contributed by atoms with E-state index in [0.29, 0.717) is 11.2 Å². The molecular weight excluding hydrogens is 276 g/mol. The van der Waals surface area contributed by atoms with Gasteiger partial charge in [-0.2, -0.15) is 18.3 Å². The van der Waals surface area contributed by atoms with Gasteiger partial charge in [0.05, 0.1) is 6.54 Å². The van der Waals surface area contributed by atoms with Gasteiger partial charge in [-0.3, -0.25) is 0 Å². The molecule has 9 heteroatoms. The maximum absolute atomic E-state index is 13.5. The fourth-order valence-electron chi connectivity index (χ4n) is 1.71. The third-order valence-electron chi connectivity index (χ3n) is 2.44. The van der Waals surface area contributed by atoms with Gasteiger partial charge in [0.25, 0.3) is 0 Å². The van der Waals surface area contributed by atoms with Crippen molar-refractivity contribution >= 4 is 5.69 Å². The van der Waals surface area contributed by atoms with Gasteiger partial charge in [0, 0.05) is 12.1 Å². The van der Waals surface area contributed by atoms with Crippen molar-refractivity contribution in [3.8, 4) is 0 Å². The van der Waals surface area contributed by atoms with Crippen LogP contribution >= 0.6 is 0 Å². The molecule has 0 spiro atoms. The maximum Gasteiger partial charge on any atom is 0.432 e. The average Bonchev–Trinajstić information content (AvgIpc) is 2.59. The van der Waals surface area contributed by atoms with Crippen LogP contribution in [0.3, 0.4) is 0 Å².